The molecule has 33 heavy (non-hydrogen) atoms. The van der Waals surface area contributed by atoms with E-state index in [-0.39, 0.29) is 29.6 Å². The lowest BCUT2D eigenvalue weighted by molar-refractivity contribution is -0.0962. The van der Waals surface area contributed by atoms with Crippen LogP contribution in [0.1, 0.15) is 17.5 Å². The van der Waals surface area contributed by atoms with Gasteiger partial charge in [-0.15, -0.1) is 0 Å². The predicted octanol–water partition coefficient (Wildman–Crippen LogP) is 3.29. The molecule has 0 aliphatic carbocycles. The standard InChI is InChI=1S/C21H24F2N6O3S/c1-27(19(24)25)32-12-11-21(14-7-5-4-6-8-14)29(20(30)28(2)31-3)26-18(33-21)16-13-15(22)9-10-17(16)23/h4-10,13H,11-12H2,1-3H3,(H3,24,25). The van der Waals surface area contributed by atoms with Gasteiger partial charge in [0.1, 0.15) is 21.5 Å². The molecule has 0 saturated heterocycles. The lowest BCUT2D eigenvalue weighted by Gasteiger charge is -2.37. The van der Waals surface area contributed by atoms with E-state index in [1.54, 1.807) is 24.3 Å². The van der Waals surface area contributed by atoms with Crippen molar-refractivity contribution in [2.45, 2.75) is 11.3 Å². The van der Waals surface area contributed by atoms with Crippen LogP contribution in [0.4, 0.5) is 13.6 Å². The van der Waals surface area contributed by atoms with Gasteiger partial charge in [0.05, 0.1) is 13.7 Å². The molecule has 0 aromatic heterocycles. The van der Waals surface area contributed by atoms with Crippen molar-refractivity contribution in [3.63, 3.8) is 0 Å². The summed E-state index contributed by atoms with van der Waals surface area (Å²) < 4.78 is 28.5. The van der Waals surface area contributed by atoms with Crippen LogP contribution in [0.5, 0.6) is 0 Å². The van der Waals surface area contributed by atoms with E-state index in [1.807, 2.05) is 6.07 Å². The van der Waals surface area contributed by atoms with E-state index in [0.29, 0.717) is 5.56 Å². The Morgan fingerprint density at radius 2 is 1.91 bits per heavy atom. The van der Waals surface area contributed by atoms with Gasteiger partial charge in [-0.1, -0.05) is 42.1 Å². The number of guanidine groups is 1. The first-order valence-electron chi connectivity index (χ1n) is 9.81. The number of hydrazone groups is 1. The van der Waals surface area contributed by atoms with Crippen molar-refractivity contribution in [1.29, 1.82) is 5.41 Å². The molecule has 1 atom stereocenters. The average Bonchev–Trinajstić information content (AvgIpc) is 3.20. The Kier molecular flexibility index (Phi) is 7.51. The van der Waals surface area contributed by atoms with E-state index < -0.39 is 22.5 Å². The van der Waals surface area contributed by atoms with E-state index in [4.69, 9.17) is 20.8 Å². The van der Waals surface area contributed by atoms with Crippen LogP contribution in [0.25, 0.3) is 0 Å². The molecular formula is C21H24F2N6O3S. The van der Waals surface area contributed by atoms with Gasteiger partial charge in [0.15, 0.2) is 0 Å². The van der Waals surface area contributed by atoms with Crippen molar-refractivity contribution in [1.82, 2.24) is 15.1 Å². The quantitative estimate of drug-likeness (QED) is 0.359. The van der Waals surface area contributed by atoms with Crippen LogP contribution >= 0.6 is 11.8 Å². The minimum Gasteiger partial charge on any atom is -0.368 e. The molecule has 3 N–H and O–H groups in total. The summed E-state index contributed by atoms with van der Waals surface area (Å²) in [6.45, 7) is 0.0346. The highest BCUT2D eigenvalue weighted by atomic mass is 32.2. The summed E-state index contributed by atoms with van der Waals surface area (Å²) in [7, 11) is 4.22. The zero-order valence-electron chi connectivity index (χ0n) is 18.3. The van der Waals surface area contributed by atoms with Gasteiger partial charge in [0.2, 0.25) is 5.96 Å². The molecule has 9 nitrogen and oxygen atoms in total. The Morgan fingerprint density at radius 3 is 2.55 bits per heavy atom. The Morgan fingerprint density at radius 1 is 1.21 bits per heavy atom. The summed E-state index contributed by atoms with van der Waals surface area (Å²) in [6.07, 6.45) is 0.173. The van der Waals surface area contributed by atoms with Gasteiger partial charge in [-0.25, -0.2) is 23.7 Å². The minimum absolute atomic E-state index is 0.0346. The van der Waals surface area contributed by atoms with Crippen LogP contribution < -0.4 is 5.73 Å². The van der Waals surface area contributed by atoms with Gasteiger partial charge in [0, 0.05) is 26.1 Å². The Labute approximate surface area is 194 Å². The molecule has 0 fully saturated rings. The molecular weight excluding hydrogens is 454 g/mol. The maximum absolute atomic E-state index is 14.6. The Bertz CT molecular complexity index is 1060. The summed E-state index contributed by atoms with van der Waals surface area (Å²) in [5, 5.41) is 15.2. The number of hydrogen-bond donors (Lipinski definition) is 2. The van der Waals surface area contributed by atoms with Gasteiger partial charge >= 0.3 is 6.03 Å². The highest BCUT2D eigenvalue weighted by Gasteiger charge is 2.50. The summed E-state index contributed by atoms with van der Waals surface area (Å²) in [5.41, 5.74) is 6.03. The molecule has 0 radical (unpaired) electrons. The third-order valence-electron chi connectivity index (χ3n) is 4.97. The van der Waals surface area contributed by atoms with Crippen molar-refractivity contribution in [2.75, 3.05) is 27.8 Å². The number of urea groups is 1. The van der Waals surface area contributed by atoms with Crippen LogP contribution in [-0.2, 0) is 14.5 Å². The third kappa shape index (κ3) is 5.07. The lowest BCUT2D eigenvalue weighted by atomic mass is 10.0. The first kappa shape index (κ1) is 24.4. The zero-order valence-corrected chi connectivity index (χ0v) is 19.1. The number of rotatable bonds is 7. The van der Waals surface area contributed by atoms with E-state index >= 15 is 0 Å². The summed E-state index contributed by atoms with van der Waals surface area (Å²) in [5.74, 6) is -1.61. The maximum atomic E-state index is 14.6. The van der Waals surface area contributed by atoms with Crippen molar-refractivity contribution in [2.24, 2.45) is 10.8 Å². The molecule has 1 heterocycles. The molecule has 3 rings (SSSR count). The van der Waals surface area contributed by atoms with E-state index in [0.717, 1.165) is 40.1 Å². The molecule has 1 aliphatic rings. The van der Waals surface area contributed by atoms with Crippen LogP contribution in [0.3, 0.4) is 0 Å². The molecule has 2 aromatic rings. The molecule has 0 bridgehead atoms. The second-order valence-corrected chi connectivity index (χ2v) is 8.29. The number of nitrogens with zero attached hydrogens (tertiary/aromatic N) is 4. The van der Waals surface area contributed by atoms with Crippen molar-refractivity contribution >= 4 is 28.8 Å². The SMILES string of the molecule is CON(C)C(=O)N1N=C(c2cc(F)ccc2F)SC1(CCON(C)C(=N)N)c1ccccc1. The molecule has 12 heteroatoms. The number of halogens is 2. The number of hydroxylamine groups is 4. The average molecular weight is 479 g/mol. The minimum atomic E-state index is -1.18. The monoisotopic (exact) mass is 478 g/mol. The topological polar surface area (TPSA) is 107 Å². The normalized spacial score (nSPS) is 17.6. The fourth-order valence-corrected chi connectivity index (χ4v) is 4.50. The zero-order chi connectivity index (χ0) is 24.2. The number of hydrogen-bond acceptors (Lipinski definition) is 6. The van der Waals surface area contributed by atoms with E-state index in [9.17, 15) is 13.6 Å². The summed E-state index contributed by atoms with van der Waals surface area (Å²) in [6, 6.07) is 11.4. The number of amides is 2. The number of carbonyl (C=O) groups is 1. The van der Waals surface area contributed by atoms with Gasteiger partial charge in [0.25, 0.3) is 0 Å². The predicted molar refractivity (Wildman–Crippen MR) is 121 cm³/mol. The van der Waals surface area contributed by atoms with Crippen molar-refractivity contribution < 1.29 is 23.3 Å². The first-order valence-corrected chi connectivity index (χ1v) is 10.6. The number of carbonyl (C=O) groups excluding carboxylic acids is 1. The fraction of sp³-hybridized carbons (Fsp3) is 0.286. The smallest absolute Gasteiger partial charge is 0.365 e. The number of thioether (sulfide) groups is 1. The maximum Gasteiger partial charge on any atom is 0.365 e. The largest absolute Gasteiger partial charge is 0.368 e. The van der Waals surface area contributed by atoms with E-state index in [2.05, 4.69) is 5.10 Å². The number of nitrogens with two attached hydrogens (primary N) is 1. The molecule has 1 aliphatic heterocycles. The first-order chi connectivity index (χ1) is 15.7. The molecule has 0 saturated carbocycles. The van der Waals surface area contributed by atoms with Gasteiger partial charge < -0.3 is 5.73 Å². The fourth-order valence-electron chi connectivity index (χ4n) is 3.15. The highest BCUT2D eigenvalue weighted by Crippen LogP contribution is 2.50. The Balaban J connectivity index is 2.09. The molecule has 2 amide bonds. The lowest BCUT2D eigenvalue weighted by Crippen LogP contribution is -2.47. The highest BCUT2D eigenvalue weighted by molar-refractivity contribution is 8.15. The Hall–Kier alpha value is -3.22. The van der Waals surface area contributed by atoms with Crippen molar-refractivity contribution in [3.8, 4) is 0 Å². The third-order valence-corrected chi connectivity index (χ3v) is 6.42. The van der Waals surface area contributed by atoms with Crippen LogP contribution in [0, 0.1) is 17.0 Å². The van der Waals surface area contributed by atoms with Crippen LogP contribution in [-0.4, -0.2) is 60.0 Å². The van der Waals surface area contributed by atoms with Crippen LogP contribution in [0.15, 0.2) is 53.6 Å². The molecule has 1 unspecified atom stereocenters. The molecule has 176 valence electrons. The second-order valence-electron chi connectivity index (χ2n) is 7.02. The van der Waals surface area contributed by atoms with Gasteiger partial charge in [-0.3, -0.25) is 15.1 Å². The second kappa shape index (κ2) is 10.1. The molecule has 2 aromatic carbocycles. The van der Waals surface area contributed by atoms with Gasteiger partial charge in [-0.05, 0) is 23.8 Å². The van der Waals surface area contributed by atoms with Gasteiger partial charge in [-0.2, -0.15) is 10.1 Å². The van der Waals surface area contributed by atoms with E-state index in [1.165, 1.54) is 26.2 Å². The number of benzene rings is 2. The number of nitrogens with one attached hydrogen (secondary N) is 1. The summed E-state index contributed by atoms with van der Waals surface area (Å²) >= 11 is 1.09. The summed E-state index contributed by atoms with van der Waals surface area (Å²) in [4.78, 5) is 22.6. The van der Waals surface area contributed by atoms with Crippen molar-refractivity contribution in [3.05, 3.63) is 71.3 Å². The molecule has 0 spiro atoms. The van der Waals surface area contributed by atoms with Crippen LogP contribution in [0.2, 0.25) is 0 Å².